The molecule has 0 saturated heterocycles. The Kier molecular flexibility index (Phi) is 7.62. The normalized spacial score (nSPS) is 11.1. The standard InChI is InChI=1S/C22H25ClN4O4/c1-25(12-13-30-2)15-17-6-4-5-7-19(17)27-22(29)26(21(28)20(24-27)31-3)14-16-8-10-18(23)11-9-16/h4-11H,12-15H2,1-3H3. The maximum atomic E-state index is 13.3. The highest BCUT2D eigenvalue weighted by Gasteiger charge is 2.17. The van der Waals surface area contributed by atoms with Crippen molar-refractivity contribution >= 4 is 11.6 Å². The lowest BCUT2D eigenvalue weighted by atomic mass is 10.1. The average Bonchev–Trinajstić information content (AvgIpc) is 2.77. The second-order valence-electron chi connectivity index (χ2n) is 7.08. The number of methoxy groups -OCH3 is 2. The Morgan fingerprint density at radius 1 is 1.06 bits per heavy atom. The van der Waals surface area contributed by atoms with Crippen LogP contribution >= 0.6 is 11.6 Å². The fraction of sp³-hybridized carbons (Fsp3) is 0.318. The predicted molar refractivity (Wildman–Crippen MR) is 119 cm³/mol. The van der Waals surface area contributed by atoms with Crippen LogP contribution in [0.1, 0.15) is 11.1 Å². The Morgan fingerprint density at radius 2 is 1.77 bits per heavy atom. The van der Waals surface area contributed by atoms with Gasteiger partial charge in [0.1, 0.15) is 0 Å². The lowest BCUT2D eigenvalue weighted by molar-refractivity contribution is 0.158. The number of hydrogen-bond acceptors (Lipinski definition) is 6. The Labute approximate surface area is 185 Å². The molecular weight excluding hydrogens is 420 g/mol. The summed E-state index contributed by atoms with van der Waals surface area (Å²) in [6.45, 7) is 1.97. The van der Waals surface area contributed by atoms with E-state index in [4.69, 9.17) is 21.1 Å². The number of benzene rings is 2. The Morgan fingerprint density at radius 3 is 2.45 bits per heavy atom. The molecule has 9 heteroatoms. The summed E-state index contributed by atoms with van der Waals surface area (Å²) in [6, 6.07) is 14.4. The zero-order valence-electron chi connectivity index (χ0n) is 17.7. The first-order valence-electron chi connectivity index (χ1n) is 9.73. The number of para-hydroxylation sites is 1. The lowest BCUT2D eigenvalue weighted by Gasteiger charge is -2.19. The number of hydrogen-bond donors (Lipinski definition) is 0. The molecular formula is C22H25ClN4O4. The van der Waals surface area contributed by atoms with Crippen molar-refractivity contribution in [1.82, 2.24) is 19.2 Å². The maximum Gasteiger partial charge on any atom is 0.352 e. The van der Waals surface area contributed by atoms with Gasteiger partial charge in [-0.25, -0.2) is 9.36 Å². The first-order valence-corrected chi connectivity index (χ1v) is 10.1. The van der Waals surface area contributed by atoms with Crippen molar-refractivity contribution in [1.29, 1.82) is 0 Å². The first kappa shape index (κ1) is 22.7. The molecule has 31 heavy (non-hydrogen) atoms. The van der Waals surface area contributed by atoms with Crippen LogP contribution in [0, 0.1) is 0 Å². The van der Waals surface area contributed by atoms with Gasteiger partial charge in [0.25, 0.3) is 5.88 Å². The van der Waals surface area contributed by atoms with Crippen LogP contribution < -0.4 is 16.0 Å². The minimum Gasteiger partial charge on any atom is -0.476 e. The molecule has 8 nitrogen and oxygen atoms in total. The second-order valence-corrected chi connectivity index (χ2v) is 7.52. The van der Waals surface area contributed by atoms with E-state index < -0.39 is 11.2 Å². The van der Waals surface area contributed by atoms with Crippen LogP contribution in [0.4, 0.5) is 0 Å². The number of ether oxygens (including phenoxy) is 2. The molecule has 0 radical (unpaired) electrons. The van der Waals surface area contributed by atoms with Crippen molar-refractivity contribution in [3.8, 4) is 11.6 Å². The Hall–Kier alpha value is -2.94. The molecule has 1 heterocycles. The predicted octanol–water partition coefficient (Wildman–Crippen LogP) is 2.18. The summed E-state index contributed by atoms with van der Waals surface area (Å²) >= 11 is 5.94. The van der Waals surface area contributed by atoms with Crippen LogP contribution in [0.15, 0.2) is 58.1 Å². The van der Waals surface area contributed by atoms with Gasteiger partial charge in [0, 0.05) is 25.2 Å². The van der Waals surface area contributed by atoms with Crippen molar-refractivity contribution in [3.63, 3.8) is 0 Å². The van der Waals surface area contributed by atoms with Gasteiger partial charge >= 0.3 is 11.2 Å². The van der Waals surface area contributed by atoms with Crippen LogP contribution in [0.2, 0.25) is 5.02 Å². The van der Waals surface area contributed by atoms with E-state index in [0.29, 0.717) is 23.9 Å². The van der Waals surface area contributed by atoms with E-state index >= 15 is 0 Å². The van der Waals surface area contributed by atoms with E-state index in [0.717, 1.165) is 22.2 Å². The zero-order chi connectivity index (χ0) is 22.4. The van der Waals surface area contributed by atoms with Crippen LogP contribution in [-0.4, -0.2) is 53.7 Å². The van der Waals surface area contributed by atoms with Gasteiger partial charge in [-0.15, -0.1) is 5.10 Å². The topological polar surface area (TPSA) is 78.6 Å². The minimum absolute atomic E-state index is 0.0730. The SMILES string of the molecule is COCCN(C)Cc1ccccc1-n1nc(OC)c(=O)n(Cc2ccc(Cl)cc2)c1=O. The van der Waals surface area contributed by atoms with Gasteiger partial charge in [-0.3, -0.25) is 9.69 Å². The molecule has 0 unspecified atom stereocenters. The van der Waals surface area contributed by atoms with E-state index in [-0.39, 0.29) is 12.4 Å². The van der Waals surface area contributed by atoms with E-state index in [1.807, 2.05) is 25.2 Å². The molecule has 0 spiro atoms. The average molecular weight is 445 g/mol. The molecule has 3 rings (SSSR count). The highest BCUT2D eigenvalue weighted by molar-refractivity contribution is 6.30. The third-order valence-electron chi connectivity index (χ3n) is 4.82. The van der Waals surface area contributed by atoms with E-state index in [1.165, 1.54) is 11.8 Å². The molecule has 0 amide bonds. The summed E-state index contributed by atoms with van der Waals surface area (Å²) < 4.78 is 12.6. The number of likely N-dealkylation sites (N-methyl/N-ethyl adjacent to an activating group) is 1. The van der Waals surface area contributed by atoms with Gasteiger partial charge < -0.3 is 9.47 Å². The molecule has 0 aliphatic heterocycles. The summed E-state index contributed by atoms with van der Waals surface area (Å²) in [5, 5.41) is 4.77. The fourth-order valence-electron chi connectivity index (χ4n) is 3.16. The zero-order valence-corrected chi connectivity index (χ0v) is 18.5. The van der Waals surface area contributed by atoms with Crippen molar-refractivity contribution in [3.05, 3.63) is 85.5 Å². The number of rotatable bonds is 9. The highest BCUT2D eigenvalue weighted by Crippen LogP contribution is 2.15. The molecule has 164 valence electrons. The molecule has 3 aromatic rings. The molecule has 0 atom stereocenters. The number of aromatic nitrogens is 3. The summed E-state index contributed by atoms with van der Waals surface area (Å²) in [6.07, 6.45) is 0. The summed E-state index contributed by atoms with van der Waals surface area (Å²) in [5.74, 6) is -0.156. The lowest BCUT2D eigenvalue weighted by Crippen LogP contribution is -2.42. The first-order chi connectivity index (χ1) is 14.9. The smallest absolute Gasteiger partial charge is 0.352 e. The summed E-state index contributed by atoms with van der Waals surface area (Å²) in [7, 11) is 4.98. The molecule has 2 aromatic carbocycles. The largest absolute Gasteiger partial charge is 0.476 e. The minimum atomic E-state index is -0.589. The highest BCUT2D eigenvalue weighted by atomic mass is 35.5. The van der Waals surface area contributed by atoms with Crippen LogP contribution in [-0.2, 0) is 17.8 Å². The van der Waals surface area contributed by atoms with E-state index in [2.05, 4.69) is 10.00 Å². The maximum absolute atomic E-state index is 13.3. The van der Waals surface area contributed by atoms with Gasteiger partial charge in [0.15, 0.2) is 0 Å². The third kappa shape index (κ3) is 5.41. The molecule has 0 saturated carbocycles. The third-order valence-corrected chi connectivity index (χ3v) is 5.07. The van der Waals surface area contributed by atoms with Gasteiger partial charge in [0.2, 0.25) is 0 Å². The monoisotopic (exact) mass is 444 g/mol. The van der Waals surface area contributed by atoms with Gasteiger partial charge in [0.05, 0.1) is 25.9 Å². The van der Waals surface area contributed by atoms with E-state index in [9.17, 15) is 9.59 Å². The van der Waals surface area contributed by atoms with Crippen molar-refractivity contribution in [2.24, 2.45) is 0 Å². The fourth-order valence-corrected chi connectivity index (χ4v) is 3.28. The van der Waals surface area contributed by atoms with Crippen molar-refractivity contribution < 1.29 is 9.47 Å². The van der Waals surface area contributed by atoms with Crippen LogP contribution in [0.25, 0.3) is 5.69 Å². The molecule has 1 aromatic heterocycles. The summed E-state index contributed by atoms with van der Waals surface area (Å²) in [4.78, 5) is 28.1. The number of halogens is 1. The van der Waals surface area contributed by atoms with E-state index in [1.54, 1.807) is 37.4 Å². The Balaban J connectivity index is 2.07. The molecule has 0 bridgehead atoms. The molecule has 0 fully saturated rings. The molecule has 0 aliphatic carbocycles. The van der Waals surface area contributed by atoms with Gasteiger partial charge in [-0.2, -0.15) is 4.68 Å². The Bertz CT molecular complexity index is 1140. The van der Waals surface area contributed by atoms with Crippen molar-refractivity contribution in [2.45, 2.75) is 13.1 Å². The molecule has 0 N–H and O–H groups in total. The second kappa shape index (κ2) is 10.4. The quantitative estimate of drug-likeness (QED) is 0.503. The van der Waals surface area contributed by atoms with Crippen molar-refractivity contribution in [2.75, 3.05) is 34.4 Å². The van der Waals surface area contributed by atoms with Crippen LogP contribution in [0.5, 0.6) is 5.88 Å². The summed E-state index contributed by atoms with van der Waals surface area (Å²) in [5.41, 5.74) is 1.09. The van der Waals surface area contributed by atoms with Crippen LogP contribution in [0.3, 0.4) is 0 Å². The van der Waals surface area contributed by atoms with Gasteiger partial charge in [-0.05, 0) is 36.4 Å². The number of nitrogens with zero attached hydrogens (tertiary/aromatic N) is 4. The van der Waals surface area contributed by atoms with Gasteiger partial charge in [-0.1, -0.05) is 41.9 Å². The molecule has 0 aliphatic rings.